The van der Waals surface area contributed by atoms with E-state index in [1.54, 1.807) is 0 Å². The van der Waals surface area contributed by atoms with Gasteiger partial charge in [-0.2, -0.15) is 0 Å². The third-order valence-corrected chi connectivity index (χ3v) is 0.111. The number of carbonyl (C=O) groups excluding carboxylic acids is 2. The van der Waals surface area contributed by atoms with Crippen molar-refractivity contribution in [1.82, 2.24) is 0 Å². The third kappa shape index (κ3) is 11.1. The van der Waals surface area contributed by atoms with Gasteiger partial charge in [0, 0.05) is 0 Å². The smallest absolute Gasteiger partial charge is 0.300 e. The van der Waals surface area contributed by atoms with Crippen LogP contribution in [0.5, 0.6) is 0 Å². The highest BCUT2D eigenvalue weighted by atomic mass is 16.6. The molecular weight excluding hydrogens is 84.0 g/mol. The second-order valence-corrected chi connectivity index (χ2v) is 0.329. The lowest BCUT2D eigenvalue weighted by Crippen LogP contribution is -1.77. The fraction of sp³-hybridized carbons (Fsp3) is 0.333. The number of rotatable bonds is 2. The van der Waals surface area contributed by atoms with Crippen LogP contribution in [-0.2, 0) is 14.3 Å². The Morgan fingerprint density at radius 3 is 1.50 bits per heavy atom. The maximum absolute atomic E-state index is 8.95. The SMILES string of the molecule is C.O=COC=O. The summed E-state index contributed by atoms with van der Waals surface area (Å²) in [7, 11) is 0. The van der Waals surface area contributed by atoms with E-state index in [1.165, 1.54) is 0 Å². The molecule has 0 aliphatic heterocycles. The first-order chi connectivity index (χ1) is 2.41. The summed E-state index contributed by atoms with van der Waals surface area (Å²) in [5.74, 6) is 0. The van der Waals surface area contributed by atoms with E-state index in [2.05, 4.69) is 4.74 Å². The zero-order chi connectivity index (χ0) is 4.12. The standard InChI is InChI=1S/C2H2O3.CH4/c3-1-5-2-4;/h1-2H;1H4. The van der Waals surface area contributed by atoms with E-state index >= 15 is 0 Å². The fourth-order valence-electron chi connectivity index (χ4n) is 0.0227. The first-order valence-corrected chi connectivity index (χ1v) is 0.943. The quantitative estimate of drug-likeness (QED) is 0.352. The van der Waals surface area contributed by atoms with Crippen molar-refractivity contribution in [2.24, 2.45) is 0 Å². The molecule has 0 unspecified atom stereocenters. The van der Waals surface area contributed by atoms with Crippen LogP contribution in [0.4, 0.5) is 0 Å². The van der Waals surface area contributed by atoms with E-state index in [0.717, 1.165) is 0 Å². The lowest BCUT2D eigenvalue weighted by molar-refractivity contribution is -0.141. The van der Waals surface area contributed by atoms with Crippen LogP contribution in [-0.4, -0.2) is 12.9 Å². The van der Waals surface area contributed by atoms with Gasteiger partial charge in [0.25, 0.3) is 0 Å². The Labute approximate surface area is 35.9 Å². The first-order valence-electron chi connectivity index (χ1n) is 0.943. The van der Waals surface area contributed by atoms with Crippen LogP contribution < -0.4 is 0 Å². The zero-order valence-corrected chi connectivity index (χ0v) is 2.38. The second kappa shape index (κ2) is 8.91. The summed E-state index contributed by atoms with van der Waals surface area (Å²) >= 11 is 0. The molecule has 0 fully saturated rings. The largest absolute Gasteiger partial charge is 0.398 e. The number of hydrogen-bond donors (Lipinski definition) is 0. The molecule has 3 heteroatoms. The number of hydrogen-bond acceptors (Lipinski definition) is 3. The lowest BCUT2D eigenvalue weighted by atomic mass is 11.5. The number of carbonyl (C=O) groups is 2. The van der Waals surface area contributed by atoms with Crippen LogP contribution in [0, 0.1) is 0 Å². The molecule has 0 bridgehead atoms. The van der Waals surface area contributed by atoms with Gasteiger partial charge >= 0.3 is 12.9 Å². The van der Waals surface area contributed by atoms with Gasteiger partial charge in [0.15, 0.2) is 0 Å². The molecule has 0 aliphatic carbocycles. The molecule has 0 saturated carbocycles. The third-order valence-electron chi connectivity index (χ3n) is 0.111. The minimum absolute atomic E-state index is 0. The van der Waals surface area contributed by atoms with Crippen LogP contribution in [0.3, 0.4) is 0 Å². The molecule has 0 aliphatic rings. The monoisotopic (exact) mass is 90.0 g/mol. The Morgan fingerprint density at radius 2 is 1.50 bits per heavy atom. The van der Waals surface area contributed by atoms with Gasteiger partial charge in [0.1, 0.15) is 0 Å². The summed E-state index contributed by atoms with van der Waals surface area (Å²) in [5, 5.41) is 0. The molecule has 0 saturated heterocycles. The van der Waals surface area contributed by atoms with E-state index < -0.39 is 0 Å². The van der Waals surface area contributed by atoms with Gasteiger partial charge in [0.05, 0.1) is 0 Å². The van der Waals surface area contributed by atoms with Crippen LogP contribution >= 0.6 is 0 Å². The summed E-state index contributed by atoms with van der Waals surface area (Å²) in [4.78, 5) is 17.9. The van der Waals surface area contributed by atoms with E-state index in [4.69, 9.17) is 9.59 Å². The Kier molecular flexibility index (Phi) is 13.3. The molecule has 0 rings (SSSR count). The summed E-state index contributed by atoms with van der Waals surface area (Å²) in [6.45, 7) is 0.125. The normalized spacial score (nSPS) is 4.67. The van der Waals surface area contributed by atoms with Crippen molar-refractivity contribution < 1.29 is 14.3 Å². The van der Waals surface area contributed by atoms with Crippen molar-refractivity contribution in [3.63, 3.8) is 0 Å². The van der Waals surface area contributed by atoms with Crippen molar-refractivity contribution >= 4 is 12.9 Å². The summed E-state index contributed by atoms with van der Waals surface area (Å²) in [5.41, 5.74) is 0. The average molecular weight is 90.1 g/mol. The molecule has 0 N–H and O–H groups in total. The van der Waals surface area contributed by atoms with Gasteiger partial charge in [-0.25, -0.2) is 0 Å². The molecule has 0 heterocycles. The van der Waals surface area contributed by atoms with Crippen molar-refractivity contribution in [3.05, 3.63) is 0 Å². The summed E-state index contributed by atoms with van der Waals surface area (Å²) < 4.78 is 3.47. The van der Waals surface area contributed by atoms with E-state index in [9.17, 15) is 0 Å². The number of ether oxygens (including phenoxy) is 1. The van der Waals surface area contributed by atoms with E-state index in [0.29, 0.717) is 0 Å². The van der Waals surface area contributed by atoms with Gasteiger partial charge in [-0.1, -0.05) is 7.43 Å². The predicted octanol–water partition coefficient (Wildman–Crippen LogP) is -0.0481. The van der Waals surface area contributed by atoms with E-state index in [1.807, 2.05) is 0 Å². The molecule has 6 heavy (non-hydrogen) atoms. The summed E-state index contributed by atoms with van der Waals surface area (Å²) in [6.07, 6.45) is 0. The highest BCUT2D eigenvalue weighted by molar-refractivity contribution is 5.55. The highest BCUT2D eigenvalue weighted by Crippen LogP contribution is 1.40. The maximum atomic E-state index is 8.95. The molecule has 0 atom stereocenters. The topological polar surface area (TPSA) is 43.4 Å². The van der Waals surface area contributed by atoms with Gasteiger partial charge in [-0.3, -0.25) is 9.59 Å². The molecular formula is C3H6O3. The van der Waals surface area contributed by atoms with Gasteiger partial charge < -0.3 is 4.74 Å². The van der Waals surface area contributed by atoms with Crippen molar-refractivity contribution in [1.29, 1.82) is 0 Å². The first kappa shape index (κ1) is 8.94. The second-order valence-electron chi connectivity index (χ2n) is 0.329. The highest BCUT2D eigenvalue weighted by Gasteiger charge is 1.58. The van der Waals surface area contributed by atoms with Crippen LogP contribution in [0.25, 0.3) is 0 Å². The van der Waals surface area contributed by atoms with Gasteiger partial charge in [-0.15, -0.1) is 0 Å². The molecule has 0 spiro atoms. The van der Waals surface area contributed by atoms with Gasteiger partial charge in [0.2, 0.25) is 0 Å². The molecule has 0 aromatic carbocycles. The van der Waals surface area contributed by atoms with Crippen molar-refractivity contribution in [2.75, 3.05) is 0 Å². The van der Waals surface area contributed by atoms with Crippen molar-refractivity contribution in [2.45, 2.75) is 7.43 Å². The Bertz CT molecular complexity index is 35.3. The molecule has 0 aromatic rings. The minimum atomic E-state index is 0. The van der Waals surface area contributed by atoms with Gasteiger partial charge in [-0.05, 0) is 0 Å². The van der Waals surface area contributed by atoms with Crippen LogP contribution in [0.2, 0.25) is 0 Å². The van der Waals surface area contributed by atoms with E-state index in [-0.39, 0.29) is 20.4 Å². The Hall–Kier alpha value is -0.860. The molecule has 0 radical (unpaired) electrons. The van der Waals surface area contributed by atoms with Crippen LogP contribution in [0.1, 0.15) is 7.43 Å². The minimum Gasteiger partial charge on any atom is -0.398 e. The molecule has 0 aromatic heterocycles. The molecule has 36 valence electrons. The Balaban J connectivity index is 0. The zero-order valence-electron chi connectivity index (χ0n) is 2.38. The predicted molar refractivity (Wildman–Crippen MR) is 19.9 cm³/mol. The fourth-order valence-corrected chi connectivity index (χ4v) is 0.0227. The lowest BCUT2D eigenvalue weighted by Gasteiger charge is -1.65. The van der Waals surface area contributed by atoms with Crippen LogP contribution in [0.15, 0.2) is 0 Å². The van der Waals surface area contributed by atoms with Crippen molar-refractivity contribution in [3.8, 4) is 0 Å². The Morgan fingerprint density at radius 1 is 1.17 bits per heavy atom. The molecule has 3 nitrogen and oxygen atoms in total. The average Bonchev–Trinajstić information content (AvgIpc) is 1.41. The molecule has 0 amide bonds. The summed E-state index contributed by atoms with van der Waals surface area (Å²) in [6, 6.07) is 0. The maximum Gasteiger partial charge on any atom is 0.300 e.